The molecule has 0 spiro atoms. The van der Waals surface area contributed by atoms with Crippen LogP contribution in [-0.2, 0) is 12.6 Å². The molecule has 0 atom stereocenters. The third-order valence-corrected chi connectivity index (χ3v) is 4.22. The first-order valence-corrected chi connectivity index (χ1v) is 8.52. The zero-order valence-corrected chi connectivity index (χ0v) is 14.6. The van der Waals surface area contributed by atoms with E-state index in [-0.39, 0.29) is 6.54 Å². The number of alkyl halides is 3. The second-order valence-corrected chi connectivity index (χ2v) is 6.05. The molecule has 10 heteroatoms. The number of aromatic nitrogens is 3. The van der Waals surface area contributed by atoms with Gasteiger partial charge in [0.25, 0.3) is 0 Å². The number of hydrogen-bond donors (Lipinski definition) is 1. The first-order chi connectivity index (χ1) is 12.9. The topological polar surface area (TPSA) is 83.5 Å². The number of pyridine rings is 1. The zero-order valence-electron chi connectivity index (χ0n) is 14.6. The van der Waals surface area contributed by atoms with Gasteiger partial charge < -0.3 is 15.5 Å². The van der Waals surface area contributed by atoms with Gasteiger partial charge in [-0.05, 0) is 18.2 Å². The van der Waals surface area contributed by atoms with Crippen molar-refractivity contribution < 1.29 is 13.2 Å². The molecule has 1 fully saturated rings. The second-order valence-electron chi connectivity index (χ2n) is 6.05. The summed E-state index contributed by atoms with van der Waals surface area (Å²) in [6.45, 7) is 3.07. The number of anilines is 1. The Labute approximate surface area is 154 Å². The lowest BCUT2D eigenvalue weighted by molar-refractivity contribution is -0.137. The summed E-state index contributed by atoms with van der Waals surface area (Å²) in [5.74, 6) is 1.07. The third-order valence-electron chi connectivity index (χ3n) is 4.22. The molecule has 0 saturated carbocycles. The summed E-state index contributed by atoms with van der Waals surface area (Å²) in [5, 5.41) is 0. The molecule has 0 unspecified atom stereocenters. The monoisotopic (exact) mass is 379 g/mol. The molecular weight excluding hydrogens is 359 g/mol. The van der Waals surface area contributed by atoms with Gasteiger partial charge in [0.2, 0.25) is 5.95 Å². The van der Waals surface area contributed by atoms with E-state index >= 15 is 0 Å². The van der Waals surface area contributed by atoms with Gasteiger partial charge in [-0.2, -0.15) is 13.2 Å². The Kier molecular flexibility index (Phi) is 5.72. The second kappa shape index (κ2) is 8.19. The third kappa shape index (κ3) is 5.05. The Morgan fingerprint density at radius 3 is 2.44 bits per heavy atom. The zero-order chi connectivity index (χ0) is 19.3. The van der Waals surface area contributed by atoms with Crippen LogP contribution >= 0.6 is 0 Å². The average molecular weight is 379 g/mol. The summed E-state index contributed by atoms with van der Waals surface area (Å²) in [7, 11) is 0. The molecule has 0 amide bonds. The Morgan fingerprint density at radius 2 is 1.78 bits per heavy atom. The molecule has 0 aliphatic carbocycles. The van der Waals surface area contributed by atoms with Crippen molar-refractivity contribution in [1.29, 1.82) is 0 Å². The van der Waals surface area contributed by atoms with Gasteiger partial charge in [0.15, 0.2) is 5.96 Å². The minimum Gasteiger partial charge on any atom is -0.370 e. The van der Waals surface area contributed by atoms with E-state index in [1.54, 1.807) is 18.5 Å². The van der Waals surface area contributed by atoms with Crippen LogP contribution in [0.25, 0.3) is 0 Å². The van der Waals surface area contributed by atoms with Crippen LogP contribution in [0.2, 0.25) is 0 Å². The van der Waals surface area contributed by atoms with Crippen molar-refractivity contribution in [3.63, 3.8) is 0 Å². The van der Waals surface area contributed by atoms with Crippen molar-refractivity contribution in [2.75, 3.05) is 37.6 Å². The Bertz CT molecular complexity index is 772. The highest BCUT2D eigenvalue weighted by Crippen LogP contribution is 2.29. The van der Waals surface area contributed by atoms with Crippen molar-refractivity contribution in [1.82, 2.24) is 19.9 Å². The maximum Gasteiger partial charge on any atom is 0.416 e. The molecule has 2 N–H and O–H groups in total. The number of hydrogen-bond acceptors (Lipinski definition) is 5. The van der Waals surface area contributed by atoms with Crippen molar-refractivity contribution in [3.05, 3.63) is 48.0 Å². The van der Waals surface area contributed by atoms with Gasteiger partial charge >= 0.3 is 6.18 Å². The molecule has 27 heavy (non-hydrogen) atoms. The predicted molar refractivity (Wildman–Crippen MR) is 95.3 cm³/mol. The molecule has 0 radical (unpaired) electrons. The van der Waals surface area contributed by atoms with Gasteiger partial charge in [-0.3, -0.25) is 9.98 Å². The summed E-state index contributed by atoms with van der Waals surface area (Å²) in [4.78, 5) is 20.7. The van der Waals surface area contributed by atoms with E-state index < -0.39 is 11.7 Å². The fourth-order valence-electron chi connectivity index (χ4n) is 2.77. The number of rotatable bonds is 4. The number of piperazine rings is 1. The van der Waals surface area contributed by atoms with Gasteiger partial charge in [0, 0.05) is 63.4 Å². The molecule has 2 aromatic heterocycles. The predicted octanol–water partition coefficient (Wildman–Crippen LogP) is 1.57. The minimum absolute atomic E-state index is 0.280. The van der Waals surface area contributed by atoms with E-state index in [0.717, 1.165) is 31.4 Å². The highest BCUT2D eigenvalue weighted by atomic mass is 19.4. The lowest BCUT2D eigenvalue weighted by Crippen LogP contribution is -2.51. The van der Waals surface area contributed by atoms with Gasteiger partial charge in [0.1, 0.15) is 0 Å². The van der Waals surface area contributed by atoms with Crippen LogP contribution < -0.4 is 10.6 Å². The van der Waals surface area contributed by atoms with Crippen LogP contribution in [0.1, 0.15) is 11.3 Å². The number of nitrogens with two attached hydrogens (primary N) is 1. The first-order valence-electron chi connectivity index (χ1n) is 8.52. The van der Waals surface area contributed by atoms with Crippen molar-refractivity contribution in [3.8, 4) is 0 Å². The molecule has 0 bridgehead atoms. The SMILES string of the molecule is NC(=NCCc1cc(C(F)(F)F)ccn1)N1CCN(c2ncccn2)CC1. The molecule has 144 valence electrons. The largest absolute Gasteiger partial charge is 0.416 e. The van der Waals surface area contributed by atoms with Crippen LogP contribution in [-0.4, -0.2) is 58.5 Å². The summed E-state index contributed by atoms with van der Waals surface area (Å²) in [5.41, 5.74) is 5.66. The van der Waals surface area contributed by atoms with Crippen LogP contribution in [0.15, 0.2) is 41.8 Å². The van der Waals surface area contributed by atoms with E-state index in [0.29, 0.717) is 37.1 Å². The Balaban J connectivity index is 1.50. The first kappa shape index (κ1) is 18.9. The molecule has 1 saturated heterocycles. The van der Waals surface area contributed by atoms with Gasteiger partial charge in [-0.15, -0.1) is 0 Å². The Hall–Kier alpha value is -2.91. The van der Waals surface area contributed by atoms with Crippen molar-refractivity contribution in [2.45, 2.75) is 12.6 Å². The number of guanidine groups is 1. The molecule has 3 rings (SSSR count). The molecule has 1 aliphatic heterocycles. The summed E-state index contributed by atoms with van der Waals surface area (Å²) in [6, 6.07) is 3.77. The maximum absolute atomic E-state index is 12.7. The highest BCUT2D eigenvalue weighted by Gasteiger charge is 2.30. The number of halogens is 3. The van der Waals surface area contributed by atoms with Crippen molar-refractivity contribution in [2.24, 2.45) is 10.7 Å². The maximum atomic E-state index is 12.7. The van der Waals surface area contributed by atoms with Gasteiger partial charge in [-0.1, -0.05) is 0 Å². The molecule has 3 heterocycles. The molecule has 2 aromatic rings. The van der Waals surface area contributed by atoms with Crippen LogP contribution in [0.3, 0.4) is 0 Å². The normalized spacial score (nSPS) is 15.9. The van der Waals surface area contributed by atoms with E-state index in [9.17, 15) is 13.2 Å². The van der Waals surface area contributed by atoms with Crippen molar-refractivity contribution >= 4 is 11.9 Å². The molecule has 7 nitrogen and oxygen atoms in total. The fourth-order valence-corrected chi connectivity index (χ4v) is 2.77. The van der Waals surface area contributed by atoms with E-state index in [4.69, 9.17) is 5.73 Å². The van der Waals surface area contributed by atoms with E-state index in [1.165, 1.54) is 0 Å². The standard InChI is InChI=1S/C17H20F3N7/c18-17(19,20)13-2-6-22-14(12-13)3-7-23-15(21)26-8-10-27(11-9-26)16-24-4-1-5-25-16/h1-2,4-6,12H,3,7-11H2,(H2,21,23). The lowest BCUT2D eigenvalue weighted by Gasteiger charge is -2.35. The average Bonchev–Trinajstić information content (AvgIpc) is 2.68. The quantitative estimate of drug-likeness (QED) is 0.641. The van der Waals surface area contributed by atoms with Gasteiger partial charge in [0.05, 0.1) is 5.56 Å². The number of nitrogens with zero attached hydrogens (tertiary/aromatic N) is 6. The summed E-state index contributed by atoms with van der Waals surface area (Å²) < 4.78 is 38.2. The van der Waals surface area contributed by atoms with E-state index in [2.05, 4.69) is 24.8 Å². The highest BCUT2D eigenvalue weighted by molar-refractivity contribution is 5.78. The number of aliphatic imine (C=N–C) groups is 1. The van der Waals surface area contributed by atoms with Crippen LogP contribution in [0, 0.1) is 0 Å². The van der Waals surface area contributed by atoms with Gasteiger partial charge in [-0.25, -0.2) is 9.97 Å². The summed E-state index contributed by atoms with van der Waals surface area (Å²) >= 11 is 0. The smallest absolute Gasteiger partial charge is 0.370 e. The molecule has 1 aliphatic rings. The summed E-state index contributed by atoms with van der Waals surface area (Å²) in [6.07, 6.45) is 0.485. The minimum atomic E-state index is -4.37. The van der Waals surface area contributed by atoms with Crippen LogP contribution in [0.4, 0.5) is 19.1 Å². The lowest BCUT2D eigenvalue weighted by atomic mass is 10.2. The molecule has 0 aromatic carbocycles. The molecular formula is C17H20F3N7. The fraction of sp³-hybridized carbons (Fsp3) is 0.412. The Morgan fingerprint density at radius 1 is 1.07 bits per heavy atom. The van der Waals surface area contributed by atoms with E-state index in [1.807, 2.05) is 4.90 Å². The van der Waals surface area contributed by atoms with Crippen LogP contribution in [0.5, 0.6) is 0 Å².